The van der Waals surface area contributed by atoms with E-state index in [4.69, 9.17) is 4.74 Å². The largest absolute Gasteiger partial charge is 0.444 e. The third-order valence-electron chi connectivity index (χ3n) is 2.84. The second-order valence-corrected chi connectivity index (χ2v) is 5.67. The molecule has 0 aliphatic rings. The van der Waals surface area contributed by atoms with Gasteiger partial charge in [0.05, 0.1) is 11.2 Å². The first-order chi connectivity index (χ1) is 9.31. The molecule has 2 rings (SSSR count). The van der Waals surface area contributed by atoms with E-state index in [0.29, 0.717) is 11.3 Å². The van der Waals surface area contributed by atoms with Crippen LogP contribution < -0.4 is 5.32 Å². The minimum Gasteiger partial charge on any atom is -0.444 e. The minimum atomic E-state index is -0.558. The minimum absolute atomic E-state index is 0.523. The van der Waals surface area contributed by atoms with Crippen LogP contribution in [0.5, 0.6) is 0 Å². The van der Waals surface area contributed by atoms with Gasteiger partial charge < -0.3 is 9.72 Å². The average molecular weight is 274 g/mol. The molecule has 0 aliphatic carbocycles. The number of fused-ring (bicyclic) bond motifs is 1. The van der Waals surface area contributed by atoms with Crippen molar-refractivity contribution in [2.24, 2.45) is 0 Å². The molecule has 0 saturated heterocycles. The number of benzene rings is 1. The highest BCUT2D eigenvalue weighted by atomic mass is 16.6. The summed E-state index contributed by atoms with van der Waals surface area (Å²) in [5, 5.41) is 3.51. The SMILES string of the molecule is Cc1ccc(NC(=O)OC(C)(C)C)c2[nH]cc(C=O)c12. The number of hydrogen-bond donors (Lipinski definition) is 2. The number of aryl methyl sites for hydroxylation is 1. The van der Waals surface area contributed by atoms with E-state index < -0.39 is 11.7 Å². The molecule has 0 saturated carbocycles. The number of aromatic amines is 1. The summed E-state index contributed by atoms with van der Waals surface area (Å²) in [6.07, 6.45) is 1.90. The molecule has 1 heterocycles. The number of rotatable bonds is 2. The van der Waals surface area contributed by atoms with Crippen LogP contribution in [-0.4, -0.2) is 23.0 Å². The normalized spacial score (nSPS) is 11.4. The molecule has 1 aromatic carbocycles. The van der Waals surface area contributed by atoms with Crippen molar-refractivity contribution in [3.63, 3.8) is 0 Å². The van der Waals surface area contributed by atoms with Crippen LogP contribution in [-0.2, 0) is 4.74 Å². The molecule has 0 bridgehead atoms. The van der Waals surface area contributed by atoms with Gasteiger partial charge in [-0.25, -0.2) is 4.79 Å². The zero-order valence-corrected chi connectivity index (χ0v) is 12.0. The van der Waals surface area contributed by atoms with Gasteiger partial charge in [-0.2, -0.15) is 0 Å². The molecule has 5 nitrogen and oxygen atoms in total. The Morgan fingerprint density at radius 3 is 2.65 bits per heavy atom. The monoisotopic (exact) mass is 274 g/mol. The van der Waals surface area contributed by atoms with Crippen LogP contribution >= 0.6 is 0 Å². The van der Waals surface area contributed by atoms with E-state index in [2.05, 4.69) is 10.3 Å². The summed E-state index contributed by atoms with van der Waals surface area (Å²) in [4.78, 5) is 25.9. The van der Waals surface area contributed by atoms with Crippen LogP contribution in [0.25, 0.3) is 10.9 Å². The number of aromatic nitrogens is 1. The Balaban J connectivity index is 2.36. The summed E-state index contributed by atoms with van der Waals surface area (Å²) in [5.74, 6) is 0. The summed E-state index contributed by atoms with van der Waals surface area (Å²) in [6, 6.07) is 3.64. The zero-order chi connectivity index (χ0) is 14.9. The maximum atomic E-state index is 11.8. The average Bonchev–Trinajstić information content (AvgIpc) is 2.75. The zero-order valence-electron chi connectivity index (χ0n) is 12.0. The Morgan fingerprint density at radius 1 is 1.35 bits per heavy atom. The van der Waals surface area contributed by atoms with E-state index in [-0.39, 0.29) is 0 Å². The number of hydrogen-bond acceptors (Lipinski definition) is 3. The standard InChI is InChI=1S/C15H18N2O3/c1-9-5-6-11(17-14(19)20-15(2,3)4)13-12(9)10(8-18)7-16-13/h5-8,16H,1-4H3,(H,17,19). The van der Waals surface area contributed by atoms with E-state index in [0.717, 1.165) is 22.8 Å². The number of H-pyrrole nitrogens is 1. The van der Waals surface area contributed by atoms with E-state index in [1.54, 1.807) is 33.0 Å². The predicted octanol–water partition coefficient (Wildman–Crippen LogP) is 3.64. The molecule has 0 atom stereocenters. The van der Waals surface area contributed by atoms with Gasteiger partial charge in [-0.1, -0.05) is 6.07 Å². The Bertz CT molecular complexity index is 666. The lowest BCUT2D eigenvalue weighted by Crippen LogP contribution is -2.27. The Labute approximate surface area is 117 Å². The molecule has 2 aromatic rings. The fourth-order valence-electron chi connectivity index (χ4n) is 2.06. The van der Waals surface area contributed by atoms with Crippen LogP contribution in [0.1, 0.15) is 36.7 Å². The summed E-state index contributed by atoms with van der Waals surface area (Å²) in [7, 11) is 0. The van der Waals surface area contributed by atoms with E-state index >= 15 is 0 Å². The number of aldehydes is 1. The lowest BCUT2D eigenvalue weighted by molar-refractivity contribution is 0.0636. The molecule has 5 heteroatoms. The van der Waals surface area contributed by atoms with Crippen molar-refractivity contribution >= 4 is 29.0 Å². The molecule has 0 aliphatic heterocycles. The number of carbonyl (C=O) groups is 2. The van der Waals surface area contributed by atoms with Crippen molar-refractivity contribution in [2.45, 2.75) is 33.3 Å². The van der Waals surface area contributed by atoms with Crippen molar-refractivity contribution in [3.05, 3.63) is 29.5 Å². The van der Waals surface area contributed by atoms with Crippen LogP contribution in [0, 0.1) is 6.92 Å². The Morgan fingerprint density at radius 2 is 2.05 bits per heavy atom. The third kappa shape index (κ3) is 2.82. The quantitative estimate of drug-likeness (QED) is 0.821. The molecule has 1 amide bonds. The highest BCUT2D eigenvalue weighted by Crippen LogP contribution is 2.28. The number of anilines is 1. The maximum absolute atomic E-state index is 11.8. The Hall–Kier alpha value is -2.30. The summed E-state index contributed by atoms with van der Waals surface area (Å²) < 4.78 is 5.22. The molecule has 1 aromatic heterocycles. The number of nitrogens with one attached hydrogen (secondary N) is 2. The maximum Gasteiger partial charge on any atom is 0.412 e. The molecule has 106 valence electrons. The second-order valence-electron chi connectivity index (χ2n) is 5.67. The van der Waals surface area contributed by atoms with Gasteiger partial charge in [-0.15, -0.1) is 0 Å². The van der Waals surface area contributed by atoms with E-state index in [9.17, 15) is 9.59 Å². The first kappa shape index (κ1) is 14.1. The highest BCUT2D eigenvalue weighted by Gasteiger charge is 2.18. The third-order valence-corrected chi connectivity index (χ3v) is 2.84. The molecule has 0 unspecified atom stereocenters. The highest BCUT2D eigenvalue weighted by molar-refractivity contribution is 6.06. The van der Waals surface area contributed by atoms with Crippen LogP contribution in [0.4, 0.5) is 10.5 Å². The van der Waals surface area contributed by atoms with E-state index in [1.165, 1.54) is 0 Å². The molecule has 0 fully saturated rings. The lowest BCUT2D eigenvalue weighted by Gasteiger charge is -2.20. The summed E-state index contributed by atoms with van der Waals surface area (Å²) in [5.41, 5.74) is 2.30. The number of carbonyl (C=O) groups excluding carboxylic acids is 2. The van der Waals surface area contributed by atoms with Crippen molar-refractivity contribution < 1.29 is 14.3 Å². The molecular weight excluding hydrogens is 256 g/mol. The van der Waals surface area contributed by atoms with Gasteiger partial charge in [0.1, 0.15) is 5.60 Å². The van der Waals surface area contributed by atoms with Gasteiger partial charge in [-0.05, 0) is 39.3 Å². The van der Waals surface area contributed by atoms with Crippen molar-refractivity contribution in [3.8, 4) is 0 Å². The second kappa shape index (κ2) is 5.00. The van der Waals surface area contributed by atoms with Gasteiger partial charge in [0, 0.05) is 17.1 Å². The molecule has 0 radical (unpaired) electrons. The smallest absolute Gasteiger partial charge is 0.412 e. The summed E-state index contributed by atoms with van der Waals surface area (Å²) in [6.45, 7) is 7.32. The topological polar surface area (TPSA) is 71.2 Å². The van der Waals surface area contributed by atoms with Crippen LogP contribution in [0.3, 0.4) is 0 Å². The first-order valence-corrected chi connectivity index (χ1v) is 6.37. The van der Waals surface area contributed by atoms with Crippen molar-refractivity contribution in [1.29, 1.82) is 0 Å². The van der Waals surface area contributed by atoms with Crippen molar-refractivity contribution in [2.75, 3.05) is 5.32 Å². The van der Waals surface area contributed by atoms with Gasteiger partial charge in [-0.3, -0.25) is 10.1 Å². The number of ether oxygens (including phenoxy) is 1. The molecular formula is C15H18N2O3. The summed E-state index contributed by atoms with van der Waals surface area (Å²) >= 11 is 0. The van der Waals surface area contributed by atoms with E-state index in [1.807, 2.05) is 13.0 Å². The molecule has 0 spiro atoms. The van der Waals surface area contributed by atoms with Crippen LogP contribution in [0.2, 0.25) is 0 Å². The lowest BCUT2D eigenvalue weighted by atomic mass is 10.1. The molecule has 2 N–H and O–H groups in total. The predicted molar refractivity (Wildman–Crippen MR) is 78.3 cm³/mol. The number of amides is 1. The fourth-order valence-corrected chi connectivity index (χ4v) is 2.06. The van der Waals surface area contributed by atoms with Gasteiger partial charge >= 0.3 is 6.09 Å². The fraction of sp³-hybridized carbons (Fsp3) is 0.333. The van der Waals surface area contributed by atoms with Crippen molar-refractivity contribution in [1.82, 2.24) is 4.98 Å². The first-order valence-electron chi connectivity index (χ1n) is 6.37. The van der Waals surface area contributed by atoms with Gasteiger partial charge in [0.2, 0.25) is 0 Å². The Kier molecular flexibility index (Phi) is 3.53. The molecule has 20 heavy (non-hydrogen) atoms. The van der Waals surface area contributed by atoms with Gasteiger partial charge in [0.25, 0.3) is 0 Å². The van der Waals surface area contributed by atoms with Crippen LogP contribution in [0.15, 0.2) is 18.3 Å². The van der Waals surface area contributed by atoms with Gasteiger partial charge in [0.15, 0.2) is 6.29 Å².